The lowest BCUT2D eigenvalue weighted by atomic mass is 9.70. The summed E-state index contributed by atoms with van der Waals surface area (Å²) in [6.45, 7) is 3.05. The van der Waals surface area contributed by atoms with Gasteiger partial charge in [-0.05, 0) is 55.1 Å². The van der Waals surface area contributed by atoms with Crippen LogP contribution in [0.4, 0.5) is 0 Å². The molecule has 3 heterocycles. The summed E-state index contributed by atoms with van der Waals surface area (Å²) in [5.41, 5.74) is 3.76. The molecular weight excluding hydrogens is 423 g/mol. The number of halogens is 2. The second-order valence-electron chi connectivity index (χ2n) is 8.77. The molecule has 3 fully saturated rings. The smallest absolute Gasteiger partial charge is 0.0465 e. The Morgan fingerprint density at radius 3 is 1.87 bits per heavy atom. The van der Waals surface area contributed by atoms with Crippen LogP contribution in [0, 0.1) is 5.92 Å². The predicted molar refractivity (Wildman–Crippen MR) is 130 cm³/mol. The number of hydrogen-bond donors (Lipinski definition) is 1. The third kappa shape index (κ3) is 4.27. The lowest BCUT2D eigenvalue weighted by Crippen LogP contribution is -2.64. The first-order valence-electron chi connectivity index (χ1n) is 11.2. The summed E-state index contributed by atoms with van der Waals surface area (Å²) in [6.07, 6.45) is 2.50. The number of hydrogen-bond acceptors (Lipinski definition) is 2. The molecule has 0 aliphatic carbocycles. The van der Waals surface area contributed by atoms with Gasteiger partial charge in [-0.15, -0.1) is 0 Å². The van der Waals surface area contributed by atoms with Gasteiger partial charge >= 0.3 is 0 Å². The van der Waals surface area contributed by atoms with Crippen LogP contribution in [0.2, 0.25) is 10.0 Å². The Kier molecular flexibility index (Phi) is 6.34. The minimum absolute atomic E-state index is 0.324. The van der Waals surface area contributed by atoms with Crippen molar-refractivity contribution in [2.24, 2.45) is 5.92 Å². The molecule has 1 N–H and O–H groups in total. The van der Waals surface area contributed by atoms with Gasteiger partial charge in [-0.3, -0.25) is 4.90 Å². The van der Waals surface area contributed by atoms with Gasteiger partial charge in [-0.2, -0.15) is 0 Å². The van der Waals surface area contributed by atoms with Crippen LogP contribution in [-0.2, 0) is 6.54 Å². The van der Waals surface area contributed by atoms with Crippen LogP contribution in [0.1, 0.15) is 35.4 Å². The average Bonchev–Trinajstić information content (AvgIpc) is 2.82. The van der Waals surface area contributed by atoms with Crippen LogP contribution in [0.15, 0.2) is 78.9 Å². The highest BCUT2D eigenvalue weighted by molar-refractivity contribution is 6.35. The van der Waals surface area contributed by atoms with Crippen molar-refractivity contribution < 1.29 is 0 Å². The van der Waals surface area contributed by atoms with E-state index in [1.165, 1.54) is 37.1 Å². The molecule has 3 aliphatic heterocycles. The van der Waals surface area contributed by atoms with Gasteiger partial charge in [-0.25, -0.2) is 0 Å². The molecule has 2 atom stereocenters. The zero-order valence-electron chi connectivity index (χ0n) is 17.6. The molecule has 0 unspecified atom stereocenters. The SMILES string of the molecule is Clc1cccc(Cl)c1CN[C@@H]1C2CCN(CC2)[C@H]1C(c1ccccc1)c1ccccc1. The normalized spacial score (nSPS) is 25.1. The number of rotatable bonds is 6. The molecule has 0 saturated carbocycles. The molecule has 3 aliphatic rings. The Morgan fingerprint density at radius 1 is 0.774 bits per heavy atom. The topological polar surface area (TPSA) is 15.3 Å². The van der Waals surface area contributed by atoms with Gasteiger partial charge in [0.25, 0.3) is 0 Å². The van der Waals surface area contributed by atoms with Gasteiger partial charge in [0.2, 0.25) is 0 Å². The molecule has 0 spiro atoms. The molecule has 31 heavy (non-hydrogen) atoms. The second kappa shape index (κ2) is 9.34. The number of nitrogens with zero attached hydrogens (tertiary/aromatic N) is 1. The minimum Gasteiger partial charge on any atom is -0.308 e. The van der Waals surface area contributed by atoms with Crippen LogP contribution >= 0.6 is 23.2 Å². The standard InChI is InChI=1S/C27H28Cl2N2/c28-23-12-7-13-24(29)22(23)18-30-26-21-14-16-31(17-15-21)27(26)25(19-8-3-1-4-9-19)20-10-5-2-6-11-20/h1-13,21,25-27,30H,14-18H2/t26-,27+/m1/s1. The van der Waals surface area contributed by atoms with Crippen molar-refractivity contribution in [3.05, 3.63) is 106 Å². The zero-order chi connectivity index (χ0) is 21.2. The van der Waals surface area contributed by atoms with E-state index >= 15 is 0 Å². The number of fused-ring (bicyclic) bond motifs is 3. The van der Waals surface area contributed by atoms with E-state index < -0.39 is 0 Å². The first-order chi connectivity index (χ1) is 15.2. The number of nitrogens with one attached hydrogen (secondary N) is 1. The van der Waals surface area contributed by atoms with E-state index in [1.54, 1.807) is 0 Å². The predicted octanol–water partition coefficient (Wildman–Crippen LogP) is 6.38. The van der Waals surface area contributed by atoms with Crippen LogP contribution in [0.5, 0.6) is 0 Å². The lowest BCUT2D eigenvalue weighted by Gasteiger charge is -2.54. The Balaban J connectivity index is 1.51. The maximum Gasteiger partial charge on any atom is 0.0465 e. The van der Waals surface area contributed by atoms with Crippen molar-refractivity contribution in [3.63, 3.8) is 0 Å². The lowest BCUT2D eigenvalue weighted by molar-refractivity contribution is 0.00468. The van der Waals surface area contributed by atoms with Gasteiger partial charge in [0.15, 0.2) is 0 Å². The highest BCUT2D eigenvalue weighted by atomic mass is 35.5. The summed E-state index contributed by atoms with van der Waals surface area (Å²) >= 11 is 13.0. The van der Waals surface area contributed by atoms with Crippen molar-refractivity contribution in [2.45, 2.75) is 37.4 Å². The molecular formula is C27H28Cl2N2. The molecule has 0 amide bonds. The minimum atomic E-state index is 0.324. The Hall–Kier alpha value is -1.84. The van der Waals surface area contributed by atoms with Crippen LogP contribution in [0.3, 0.4) is 0 Å². The van der Waals surface area contributed by atoms with Crippen LogP contribution in [-0.4, -0.2) is 30.1 Å². The summed E-state index contributed by atoms with van der Waals surface area (Å²) in [5.74, 6) is 0.996. The summed E-state index contributed by atoms with van der Waals surface area (Å²) in [5, 5.41) is 5.38. The highest BCUT2D eigenvalue weighted by Crippen LogP contribution is 2.42. The van der Waals surface area contributed by atoms with Crippen molar-refractivity contribution in [1.29, 1.82) is 0 Å². The van der Waals surface area contributed by atoms with Crippen molar-refractivity contribution >= 4 is 23.2 Å². The second-order valence-corrected chi connectivity index (χ2v) is 9.58. The van der Waals surface area contributed by atoms with E-state index in [2.05, 4.69) is 70.9 Å². The summed E-state index contributed by atoms with van der Waals surface area (Å²) in [7, 11) is 0. The summed E-state index contributed by atoms with van der Waals surface area (Å²) in [4.78, 5) is 2.70. The largest absolute Gasteiger partial charge is 0.308 e. The monoisotopic (exact) mass is 450 g/mol. The van der Waals surface area contributed by atoms with Gasteiger partial charge in [0.05, 0.1) is 0 Å². The van der Waals surface area contributed by atoms with Gasteiger partial charge < -0.3 is 5.32 Å². The fourth-order valence-electron chi connectivity index (χ4n) is 5.62. The quantitative estimate of drug-likeness (QED) is 0.468. The average molecular weight is 451 g/mol. The van der Waals surface area contributed by atoms with Gasteiger partial charge in [0, 0.05) is 40.2 Å². The Bertz CT molecular complexity index is 941. The number of piperidine rings is 3. The first-order valence-corrected chi connectivity index (χ1v) is 12.0. The van der Waals surface area contributed by atoms with E-state index in [1.807, 2.05) is 18.2 Å². The Labute approximate surface area is 195 Å². The maximum absolute atomic E-state index is 6.48. The highest BCUT2D eigenvalue weighted by Gasteiger charge is 2.46. The van der Waals surface area contributed by atoms with Gasteiger partial charge in [-0.1, -0.05) is 89.9 Å². The van der Waals surface area contributed by atoms with Crippen molar-refractivity contribution in [2.75, 3.05) is 13.1 Å². The van der Waals surface area contributed by atoms with E-state index in [4.69, 9.17) is 23.2 Å². The fraction of sp³-hybridized carbons (Fsp3) is 0.333. The molecule has 4 heteroatoms. The Morgan fingerprint density at radius 2 is 1.32 bits per heavy atom. The summed E-state index contributed by atoms with van der Waals surface area (Å²) < 4.78 is 0. The zero-order valence-corrected chi connectivity index (χ0v) is 19.1. The molecule has 2 nitrogen and oxygen atoms in total. The van der Waals surface area contributed by atoms with Gasteiger partial charge in [0.1, 0.15) is 0 Å². The molecule has 2 bridgehead atoms. The molecule has 3 aromatic rings. The molecule has 0 radical (unpaired) electrons. The maximum atomic E-state index is 6.48. The molecule has 6 rings (SSSR count). The first kappa shape index (κ1) is 21.0. The third-order valence-corrected chi connectivity index (χ3v) is 7.81. The van der Waals surface area contributed by atoms with E-state index in [0.717, 1.165) is 15.6 Å². The van der Waals surface area contributed by atoms with E-state index in [-0.39, 0.29) is 0 Å². The van der Waals surface area contributed by atoms with Crippen molar-refractivity contribution in [3.8, 4) is 0 Å². The molecule has 3 aromatic carbocycles. The van der Waals surface area contributed by atoms with E-state index in [0.29, 0.717) is 30.5 Å². The fourth-order valence-corrected chi connectivity index (χ4v) is 6.15. The van der Waals surface area contributed by atoms with Crippen LogP contribution < -0.4 is 5.32 Å². The van der Waals surface area contributed by atoms with Crippen molar-refractivity contribution in [1.82, 2.24) is 10.2 Å². The third-order valence-electron chi connectivity index (χ3n) is 7.11. The summed E-state index contributed by atoms with van der Waals surface area (Å²) in [6, 6.07) is 28.5. The van der Waals surface area contributed by atoms with E-state index in [9.17, 15) is 0 Å². The van der Waals surface area contributed by atoms with Crippen LogP contribution in [0.25, 0.3) is 0 Å². The molecule has 160 valence electrons. The molecule has 3 saturated heterocycles. The molecule has 0 aromatic heterocycles. The number of benzene rings is 3.